The predicted octanol–water partition coefficient (Wildman–Crippen LogP) is 1.32. The smallest absolute Gasteiger partial charge is 0.138 e. The number of nitrogens with zero attached hydrogens (tertiary/aromatic N) is 2. The van der Waals surface area contributed by atoms with Crippen LogP contribution in [-0.2, 0) is 16.1 Å². The van der Waals surface area contributed by atoms with Gasteiger partial charge in [-0.1, -0.05) is 0 Å². The molecule has 1 atom stereocenters. The number of hydrogen-bond acceptors (Lipinski definition) is 3. The fourth-order valence-electron chi connectivity index (χ4n) is 1.74. The molecule has 0 aliphatic carbocycles. The van der Waals surface area contributed by atoms with Crippen LogP contribution < -0.4 is 0 Å². The second-order valence-corrected chi connectivity index (χ2v) is 3.46. The molecule has 14 heavy (non-hydrogen) atoms. The Kier molecular flexibility index (Phi) is 2.63. The summed E-state index contributed by atoms with van der Waals surface area (Å²) in [5.41, 5.74) is 1.01. The largest absolute Gasteiger partial charge is 0.371 e. The van der Waals surface area contributed by atoms with Gasteiger partial charge in [-0.25, -0.2) is 4.98 Å². The molecule has 0 aromatic carbocycles. The second-order valence-electron chi connectivity index (χ2n) is 3.46. The minimum Gasteiger partial charge on any atom is -0.371 e. The number of Topliss-reactive ketones (excluding diaryl/α,β-unsaturated/α-hetero) is 1. The minimum atomic E-state index is -0.0845. The van der Waals surface area contributed by atoms with Crippen molar-refractivity contribution in [3.63, 3.8) is 0 Å². The van der Waals surface area contributed by atoms with Gasteiger partial charge in [0.15, 0.2) is 0 Å². The van der Waals surface area contributed by atoms with E-state index in [0.29, 0.717) is 19.4 Å². The van der Waals surface area contributed by atoms with Crippen molar-refractivity contribution in [2.75, 3.05) is 6.61 Å². The van der Waals surface area contributed by atoms with Crippen molar-refractivity contribution < 1.29 is 9.53 Å². The molecule has 1 aliphatic rings. The molecular weight excluding hydrogens is 180 g/mol. The van der Waals surface area contributed by atoms with E-state index in [1.165, 1.54) is 0 Å². The first-order valence-electron chi connectivity index (χ1n) is 4.94. The Bertz CT molecular complexity index is 333. The van der Waals surface area contributed by atoms with Crippen molar-refractivity contribution in [1.29, 1.82) is 0 Å². The van der Waals surface area contributed by atoms with E-state index in [2.05, 4.69) is 11.9 Å². The van der Waals surface area contributed by atoms with Crippen molar-refractivity contribution in [2.24, 2.45) is 0 Å². The van der Waals surface area contributed by atoms with Gasteiger partial charge >= 0.3 is 0 Å². The lowest BCUT2D eigenvalue weighted by Gasteiger charge is -2.22. The van der Waals surface area contributed by atoms with E-state index in [1.807, 2.05) is 4.57 Å². The van der Waals surface area contributed by atoms with Crippen LogP contribution >= 0.6 is 0 Å². The lowest BCUT2D eigenvalue weighted by atomic mass is 10.1. The summed E-state index contributed by atoms with van der Waals surface area (Å²) in [5, 5.41) is 0. The highest BCUT2D eigenvalue weighted by Crippen LogP contribution is 2.25. The number of aryl methyl sites for hydroxylation is 1. The van der Waals surface area contributed by atoms with E-state index in [0.717, 1.165) is 12.2 Å². The van der Waals surface area contributed by atoms with Gasteiger partial charge in [-0.05, 0) is 6.92 Å². The molecule has 0 bridgehead atoms. The van der Waals surface area contributed by atoms with E-state index in [9.17, 15) is 4.79 Å². The molecule has 0 saturated carbocycles. The fraction of sp³-hybridized carbons (Fsp3) is 0.600. The quantitative estimate of drug-likeness (QED) is 0.713. The van der Waals surface area contributed by atoms with Gasteiger partial charge in [0, 0.05) is 19.4 Å². The molecule has 2 heterocycles. The molecule has 4 nitrogen and oxygen atoms in total. The standard InChI is InChI=1S/C10H14N2O2/c1-2-12-7-11-6-9(12)10-5-8(13)3-4-14-10/h6-7,10H,2-5H2,1H3. The Morgan fingerprint density at radius 1 is 1.71 bits per heavy atom. The van der Waals surface area contributed by atoms with Crippen LogP contribution in [0.5, 0.6) is 0 Å². The van der Waals surface area contributed by atoms with Crippen LogP contribution in [0.1, 0.15) is 31.6 Å². The molecule has 1 fully saturated rings. The number of ketones is 1. The molecule has 1 saturated heterocycles. The summed E-state index contributed by atoms with van der Waals surface area (Å²) in [6.45, 7) is 3.46. The molecule has 1 aliphatic heterocycles. The van der Waals surface area contributed by atoms with Crippen LogP contribution in [0.15, 0.2) is 12.5 Å². The average Bonchev–Trinajstić information content (AvgIpc) is 2.65. The zero-order valence-electron chi connectivity index (χ0n) is 8.27. The van der Waals surface area contributed by atoms with Crippen LogP contribution in [0.3, 0.4) is 0 Å². The van der Waals surface area contributed by atoms with Gasteiger partial charge in [0.2, 0.25) is 0 Å². The summed E-state index contributed by atoms with van der Waals surface area (Å²) < 4.78 is 7.57. The molecule has 1 aromatic heterocycles. The zero-order valence-corrected chi connectivity index (χ0v) is 8.27. The third-order valence-corrected chi connectivity index (χ3v) is 2.53. The molecular formula is C10H14N2O2. The summed E-state index contributed by atoms with van der Waals surface area (Å²) in [4.78, 5) is 15.3. The van der Waals surface area contributed by atoms with Gasteiger partial charge in [0.05, 0.1) is 24.8 Å². The summed E-state index contributed by atoms with van der Waals surface area (Å²) in [5.74, 6) is 0.283. The lowest BCUT2D eigenvalue weighted by molar-refractivity contribution is -0.129. The molecule has 76 valence electrons. The van der Waals surface area contributed by atoms with Crippen molar-refractivity contribution in [3.8, 4) is 0 Å². The number of imidazole rings is 1. The normalized spacial score (nSPS) is 22.6. The van der Waals surface area contributed by atoms with E-state index in [4.69, 9.17) is 4.74 Å². The molecule has 0 amide bonds. The maximum Gasteiger partial charge on any atom is 0.138 e. The van der Waals surface area contributed by atoms with Crippen LogP contribution in [0.4, 0.5) is 0 Å². The number of rotatable bonds is 2. The van der Waals surface area contributed by atoms with E-state index in [1.54, 1.807) is 12.5 Å². The fourth-order valence-corrected chi connectivity index (χ4v) is 1.74. The third kappa shape index (κ3) is 1.70. The van der Waals surface area contributed by atoms with Gasteiger partial charge < -0.3 is 9.30 Å². The Balaban J connectivity index is 2.17. The first-order chi connectivity index (χ1) is 6.81. The van der Waals surface area contributed by atoms with Crippen molar-refractivity contribution in [3.05, 3.63) is 18.2 Å². The Morgan fingerprint density at radius 3 is 3.29 bits per heavy atom. The van der Waals surface area contributed by atoms with Gasteiger partial charge in [-0.3, -0.25) is 4.79 Å². The van der Waals surface area contributed by atoms with E-state index in [-0.39, 0.29) is 11.9 Å². The highest BCUT2D eigenvalue weighted by Gasteiger charge is 2.23. The summed E-state index contributed by atoms with van der Waals surface area (Å²) in [6, 6.07) is 0. The van der Waals surface area contributed by atoms with Crippen molar-refractivity contribution in [1.82, 2.24) is 9.55 Å². The molecule has 0 N–H and O–H groups in total. The number of ether oxygens (including phenoxy) is 1. The highest BCUT2D eigenvalue weighted by molar-refractivity contribution is 5.79. The highest BCUT2D eigenvalue weighted by atomic mass is 16.5. The Hall–Kier alpha value is -1.16. The zero-order chi connectivity index (χ0) is 9.97. The predicted molar refractivity (Wildman–Crippen MR) is 50.8 cm³/mol. The molecule has 1 aromatic rings. The van der Waals surface area contributed by atoms with E-state index < -0.39 is 0 Å². The SMILES string of the molecule is CCn1cncc1C1CC(=O)CCO1. The van der Waals surface area contributed by atoms with Gasteiger partial charge in [0.1, 0.15) is 11.9 Å². The summed E-state index contributed by atoms with van der Waals surface area (Å²) in [6.07, 6.45) is 4.52. The molecule has 4 heteroatoms. The molecule has 0 spiro atoms. The van der Waals surface area contributed by atoms with E-state index >= 15 is 0 Å². The first kappa shape index (κ1) is 9.40. The maximum absolute atomic E-state index is 11.3. The first-order valence-corrected chi connectivity index (χ1v) is 4.94. The Morgan fingerprint density at radius 2 is 2.57 bits per heavy atom. The Labute approximate surface area is 82.9 Å². The topological polar surface area (TPSA) is 44.1 Å². The number of carbonyl (C=O) groups is 1. The molecule has 2 rings (SSSR count). The maximum atomic E-state index is 11.3. The average molecular weight is 194 g/mol. The monoisotopic (exact) mass is 194 g/mol. The third-order valence-electron chi connectivity index (χ3n) is 2.53. The number of hydrogen-bond donors (Lipinski definition) is 0. The van der Waals surface area contributed by atoms with Gasteiger partial charge in [-0.2, -0.15) is 0 Å². The molecule has 1 unspecified atom stereocenters. The lowest BCUT2D eigenvalue weighted by Crippen LogP contribution is -2.21. The van der Waals surface area contributed by atoms with Crippen LogP contribution in [0, 0.1) is 0 Å². The second kappa shape index (κ2) is 3.92. The van der Waals surface area contributed by atoms with Crippen molar-refractivity contribution >= 4 is 5.78 Å². The van der Waals surface area contributed by atoms with Crippen LogP contribution in [-0.4, -0.2) is 21.9 Å². The van der Waals surface area contributed by atoms with Gasteiger partial charge in [-0.15, -0.1) is 0 Å². The minimum absolute atomic E-state index is 0.0845. The summed E-state index contributed by atoms with van der Waals surface area (Å²) in [7, 11) is 0. The van der Waals surface area contributed by atoms with Gasteiger partial charge in [0.25, 0.3) is 0 Å². The van der Waals surface area contributed by atoms with Crippen LogP contribution in [0.25, 0.3) is 0 Å². The van der Waals surface area contributed by atoms with Crippen molar-refractivity contribution in [2.45, 2.75) is 32.4 Å². The van der Waals surface area contributed by atoms with Crippen LogP contribution in [0.2, 0.25) is 0 Å². The number of aromatic nitrogens is 2. The summed E-state index contributed by atoms with van der Waals surface area (Å²) >= 11 is 0. The number of carbonyl (C=O) groups excluding carboxylic acids is 1. The molecule has 0 radical (unpaired) electrons.